The van der Waals surface area contributed by atoms with Crippen molar-refractivity contribution in [3.05, 3.63) is 57.6 Å². The maximum Gasteiger partial charge on any atom is 0.253 e. The maximum absolute atomic E-state index is 12.3. The number of amides is 2. The summed E-state index contributed by atoms with van der Waals surface area (Å²) >= 11 is 11.8. The summed E-state index contributed by atoms with van der Waals surface area (Å²) in [6, 6.07) is 10.1. The van der Waals surface area contributed by atoms with Crippen LogP contribution in [0, 0.1) is 0 Å². The van der Waals surface area contributed by atoms with Crippen molar-refractivity contribution in [3.63, 3.8) is 0 Å². The van der Waals surface area contributed by atoms with Crippen molar-refractivity contribution in [1.29, 1.82) is 0 Å². The second kappa shape index (κ2) is 7.85. The van der Waals surface area contributed by atoms with Crippen LogP contribution in [0.5, 0.6) is 11.5 Å². The molecular formula is C18H16Cl2N2O4. The van der Waals surface area contributed by atoms with Crippen LogP contribution in [0.1, 0.15) is 15.9 Å². The molecule has 0 fully saturated rings. The Kier molecular flexibility index (Phi) is 5.54. The quantitative estimate of drug-likeness (QED) is 0.845. The van der Waals surface area contributed by atoms with Crippen molar-refractivity contribution < 1.29 is 19.1 Å². The second-order valence-corrected chi connectivity index (χ2v) is 6.59. The Bertz CT molecular complexity index is 857. The SMILES string of the molecule is CN(Cc1ccc2c(c1)OCO2)C(=O)CNC(=O)c1ccc(Cl)cc1Cl. The van der Waals surface area contributed by atoms with Gasteiger partial charge in [-0.3, -0.25) is 9.59 Å². The van der Waals surface area contributed by atoms with E-state index in [0.717, 1.165) is 5.56 Å². The number of carbonyl (C=O) groups excluding carboxylic acids is 2. The van der Waals surface area contributed by atoms with Crippen LogP contribution in [0.2, 0.25) is 10.0 Å². The highest BCUT2D eigenvalue weighted by atomic mass is 35.5. The Morgan fingerprint density at radius 2 is 1.88 bits per heavy atom. The van der Waals surface area contributed by atoms with E-state index in [-0.39, 0.29) is 29.8 Å². The third-order valence-electron chi connectivity index (χ3n) is 3.86. The lowest BCUT2D eigenvalue weighted by molar-refractivity contribution is -0.129. The number of carbonyl (C=O) groups is 2. The highest BCUT2D eigenvalue weighted by Crippen LogP contribution is 2.32. The van der Waals surface area contributed by atoms with Gasteiger partial charge in [0, 0.05) is 18.6 Å². The lowest BCUT2D eigenvalue weighted by Crippen LogP contribution is -2.37. The van der Waals surface area contributed by atoms with Gasteiger partial charge in [-0.25, -0.2) is 0 Å². The van der Waals surface area contributed by atoms with Gasteiger partial charge in [0.05, 0.1) is 17.1 Å². The van der Waals surface area contributed by atoms with E-state index in [9.17, 15) is 9.59 Å². The minimum absolute atomic E-state index is 0.140. The van der Waals surface area contributed by atoms with Crippen molar-refractivity contribution in [1.82, 2.24) is 10.2 Å². The van der Waals surface area contributed by atoms with Gasteiger partial charge in [-0.2, -0.15) is 0 Å². The highest BCUT2D eigenvalue weighted by Gasteiger charge is 2.17. The molecule has 1 N–H and O–H groups in total. The van der Waals surface area contributed by atoms with Gasteiger partial charge in [0.2, 0.25) is 12.7 Å². The van der Waals surface area contributed by atoms with E-state index in [4.69, 9.17) is 32.7 Å². The molecule has 0 spiro atoms. The number of fused-ring (bicyclic) bond motifs is 1. The number of halogens is 2. The summed E-state index contributed by atoms with van der Waals surface area (Å²) in [5.74, 6) is 0.682. The number of rotatable bonds is 5. The predicted molar refractivity (Wildman–Crippen MR) is 97.8 cm³/mol. The van der Waals surface area contributed by atoms with Gasteiger partial charge in [-0.1, -0.05) is 29.3 Å². The molecule has 26 heavy (non-hydrogen) atoms. The van der Waals surface area contributed by atoms with Crippen LogP contribution in [0.15, 0.2) is 36.4 Å². The number of nitrogens with zero attached hydrogens (tertiary/aromatic N) is 1. The van der Waals surface area contributed by atoms with Crippen LogP contribution in [-0.4, -0.2) is 37.1 Å². The molecule has 2 amide bonds. The maximum atomic E-state index is 12.3. The molecular weight excluding hydrogens is 379 g/mol. The summed E-state index contributed by atoms with van der Waals surface area (Å²) < 4.78 is 10.6. The Balaban J connectivity index is 1.55. The number of benzene rings is 2. The first-order valence-electron chi connectivity index (χ1n) is 7.80. The van der Waals surface area contributed by atoms with E-state index in [1.807, 2.05) is 12.1 Å². The van der Waals surface area contributed by atoms with Crippen molar-refractivity contribution in [3.8, 4) is 11.5 Å². The van der Waals surface area contributed by atoms with Crippen molar-refractivity contribution >= 4 is 35.0 Å². The van der Waals surface area contributed by atoms with Crippen LogP contribution in [0.4, 0.5) is 0 Å². The second-order valence-electron chi connectivity index (χ2n) is 5.74. The summed E-state index contributed by atoms with van der Waals surface area (Å²) in [4.78, 5) is 25.9. The number of likely N-dealkylation sites (N-methyl/N-ethyl adjacent to an activating group) is 1. The van der Waals surface area contributed by atoms with Crippen LogP contribution < -0.4 is 14.8 Å². The average molecular weight is 395 g/mol. The van der Waals surface area contributed by atoms with Crippen molar-refractivity contribution in [2.75, 3.05) is 20.4 Å². The Morgan fingerprint density at radius 1 is 1.12 bits per heavy atom. The fraction of sp³-hybridized carbons (Fsp3) is 0.222. The molecule has 8 heteroatoms. The molecule has 3 rings (SSSR count). The lowest BCUT2D eigenvalue weighted by Gasteiger charge is -2.18. The summed E-state index contributed by atoms with van der Waals surface area (Å²) in [6.07, 6.45) is 0. The summed E-state index contributed by atoms with van der Waals surface area (Å²) in [7, 11) is 1.66. The minimum atomic E-state index is -0.434. The lowest BCUT2D eigenvalue weighted by atomic mass is 10.2. The monoisotopic (exact) mass is 394 g/mol. The van der Waals surface area contributed by atoms with Gasteiger partial charge >= 0.3 is 0 Å². The minimum Gasteiger partial charge on any atom is -0.454 e. The fourth-order valence-electron chi connectivity index (χ4n) is 2.46. The highest BCUT2D eigenvalue weighted by molar-refractivity contribution is 6.36. The van der Waals surface area contributed by atoms with E-state index in [0.29, 0.717) is 23.1 Å². The summed E-state index contributed by atoms with van der Waals surface area (Å²) in [6.45, 7) is 0.443. The Hall–Kier alpha value is -2.44. The molecule has 1 aliphatic rings. The normalized spacial score (nSPS) is 12.0. The number of hydrogen-bond acceptors (Lipinski definition) is 4. The smallest absolute Gasteiger partial charge is 0.253 e. The van der Waals surface area contributed by atoms with Gasteiger partial charge in [0.15, 0.2) is 11.5 Å². The molecule has 6 nitrogen and oxygen atoms in total. The zero-order valence-electron chi connectivity index (χ0n) is 13.9. The Labute approximate surface area is 160 Å². The van der Waals surface area contributed by atoms with Gasteiger partial charge in [0.25, 0.3) is 5.91 Å². The molecule has 0 aromatic heterocycles. The Morgan fingerprint density at radius 3 is 2.65 bits per heavy atom. The zero-order chi connectivity index (χ0) is 18.7. The van der Waals surface area contributed by atoms with E-state index in [1.165, 1.54) is 17.0 Å². The van der Waals surface area contributed by atoms with Gasteiger partial charge < -0.3 is 19.7 Å². The van der Waals surface area contributed by atoms with Crippen LogP contribution >= 0.6 is 23.2 Å². The first-order valence-corrected chi connectivity index (χ1v) is 8.55. The standard InChI is InChI=1S/C18H16Cl2N2O4/c1-22(9-11-2-5-15-16(6-11)26-10-25-15)17(23)8-21-18(24)13-4-3-12(19)7-14(13)20/h2-7H,8-10H2,1H3,(H,21,24). The predicted octanol–water partition coefficient (Wildman–Crippen LogP) is 3.11. The first kappa shape index (κ1) is 18.4. The molecule has 1 heterocycles. The molecule has 0 bridgehead atoms. The molecule has 0 saturated carbocycles. The van der Waals surface area contributed by atoms with Crippen LogP contribution in [0.25, 0.3) is 0 Å². The van der Waals surface area contributed by atoms with Gasteiger partial charge in [0.1, 0.15) is 0 Å². The first-order chi connectivity index (χ1) is 12.4. The summed E-state index contributed by atoms with van der Waals surface area (Å²) in [5, 5.41) is 3.23. The molecule has 0 unspecified atom stereocenters. The molecule has 2 aromatic carbocycles. The van der Waals surface area contributed by atoms with E-state index < -0.39 is 5.91 Å². The molecule has 0 saturated heterocycles. The van der Waals surface area contributed by atoms with Gasteiger partial charge in [-0.05, 0) is 35.9 Å². The zero-order valence-corrected chi connectivity index (χ0v) is 15.4. The topological polar surface area (TPSA) is 67.9 Å². The number of ether oxygens (including phenoxy) is 2. The van der Waals surface area contributed by atoms with Crippen LogP contribution in [-0.2, 0) is 11.3 Å². The van der Waals surface area contributed by atoms with Gasteiger partial charge in [-0.15, -0.1) is 0 Å². The third kappa shape index (κ3) is 4.20. The largest absolute Gasteiger partial charge is 0.454 e. The number of hydrogen-bond donors (Lipinski definition) is 1. The molecule has 0 radical (unpaired) electrons. The third-order valence-corrected chi connectivity index (χ3v) is 4.41. The van der Waals surface area contributed by atoms with E-state index in [1.54, 1.807) is 19.2 Å². The summed E-state index contributed by atoms with van der Waals surface area (Å²) in [5.41, 5.74) is 1.17. The van der Waals surface area contributed by atoms with E-state index >= 15 is 0 Å². The molecule has 0 atom stereocenters. The molecule has 1 aliphatic heterocycles. The molecule has 0 aliphatic carbocycles. The average Bonchev–Trinajstić information content (AvgIpc) is 3.07. The van der Waals surface area contributed by atoms with Crippen LogP contribution in [0.3, 0.4) is 0 Å². The van der Waals surface area contributed by atoms with E-state index in [2.05, 4.69) is 5.32 Å². The number of nitrogens with one attached hydrogen (secondary N) is 1. The molecule has 136 valence electrons. The van der Waals surface area contributed by atoms with Crippen molar-refractivity contribution in [2.24, 2.45) is 0 Å². The molecule has 2 aromatic rings. The fourth-order valence-corrected chi connectivity index (χ4v) is 2.96. The van der Waals surface area contributed by atoms with Crippen molar-refractivity contribution in [2.45, 2.75) is 6.54 Å².